The number of sulfonamides is 1. The van der Waals surface area contributed by atoms with Crippen molar-refractivity contribution in [3.63, 3.8) is 0 Å². The van der Waals surface area contributed by atoms with E-state index in [1.807, 2.05) is 20.8 Å². The average Bonchev–Trinajstić information content (AvgIpc) is 2.96. The summed E-state index contributed by atoms with van der Waals surface area (Å²) < 4.78 is 34.9. The highest BCUT2D eigenvalue weighted by Gasteiger charge is 2.35. The molecule has 1 saturated heterocycles. The fourth-order valence-electron chi connectivity index (χ4n) is 3.49. The third kappa shape index (κ3) is 4.84. The summed E-state index contributed by atoms with van der Waals surface area (Å²) in [5.41, 5.74) is -0.0955. The lowest BCUT2D eigenvalue weighted by atomic mass is 9.99. The van der Waals surface area contributed by atoms with Crippen LogP contribution in [0, 0.1) is 5.92 Å². The van der Waals surface area contributed by atoms with Gasteiger partial charge in [-0.25, -0.2) is 18.2 Å². The third-order valence-corrected chi connectivity index (χ3v) is 7.02. The second-order valence-corrected chi connectivity index (χ2v) is 10.6. The molecule has 1 unspecified atom stereocenters. The first-order valence-corrected chi connectivity index (χ1v) is 11.4. The van der Waals surface area contributed by atoms with Crippen LogP contribution in [0.15, 0.2) is 29.4 Å². The van der Waals surface area contributed by atoms with Gasteiger partial charge in [-0.15, -0.1) is 0 Å². The summed E-state index contributed by atoms with van der Waals surface area (Å²) in [6.07, 6.45) is 2.77. The molecule has 1 amide bonds. The van der Waals surface area contributed by atoms with Crippen LogP contribution in [0.25, 0.3) is 5.65 Å². The van der Waals surface area contributed by atoms with Crippen LogP contribution in [0.4, 0.5) is 4.79 Å². The minimum absolute atomic E-state index is 0.00834. The van der Waals surface area contributed by atoms with Crippen molar-refractivity contribution in [3.05, 3.63) is 29.5 Å². The lowest BCUT2D eigenvalue weighted by Gasteiger charge is -2.34. The number of imidazole rings is 1. The van der Waals surface area contributed by atoms with Crippen LogP contribution in [0.2, 0.25) is 5.15 Å². The van der Waals surface area contributed by atoms with Gasteiger partial charge < -0.3 is 9.64 Å². The van der Waals surface area contributed by atoms with Gasteiger partial charge in [-0.2, -0.15) is 4.31 Å². The second-order valence-electron chi connectivity index (χ2n) is 8.37. The van der Waals surface area contributed by atoms with Crippen LogP contribution in [0.5, 0.6) is 0 Å². The van der Waals surface area contributed by atoms with Gasteiger partial charge in [0.25, 0.3) is 10.0 Å². The maximum Gasteiger partial charge on any atom is 0.410 e. The minimum atomic E-state index is -3.83. The molecule has 0 radical (unpaired) electrons. The van der Waals surface area contributed by atoms with Crippen LogP contribution in [-0.4, -0.2) is 65.4 Å². The van der Waals surface area contributed by atoms with Crippen molar-refractivity contribution in [2.45, 2.75) is 44.2 Å². The molecule has 1 aliphatic heterocycles. The predicted octanol–water partition coefficient (Wildman–Crippen LogP) is 3.26. The number of carbonyl (C=O) groups excluding carboxylic acids is 1. The summed E-state index contributed by atoms with van der Waals surface area (Å²) in [7, 11) is -2.16. The Morgan fingerprint density at radius 1 is 1.38 bits per heavy atom. The van der Waals surface area contributed by atoms with Crippen LogP contribution >= 0.6 is 11.6 Å². The van der Waals surface area contributed by atoms with E-state index >= 15 is 0 Å². The molecule has 0 bridgehead atoms. The first-order chi connectivity index (χ1) is 13.5. The van der Waals surface area contributed by atoms with Gasteiger partial charge in [0.2, 0.25) is 0 Å². The number of fused-ring (bicyclic) bond motifs is 1. The predicted molar refractivity (Wildman–Crippen MR) is 111 cm³/mol. The Hall–Kier alpha value is -1.84. The number of hydrogen-bond donors (Lipinski definition) is 0. The highest BCUT2D eigenvalue weighted by Crippen LogP contribution is 2.29. The van der Waals surface area contributed by atoms with Crippen LogP contribution in [-0.2, 0) is 14.8 Å². The lowest BCUT2D eigenvalue weighted by molar-refractivity contribution is 0.0258. The number of piperidine rings is 1. The van der Waals surface area contributed by atoms with Gasteiger partial charge >= 0.3 is 6.09 Å². The molecular weight excluding hydrogens is 416 g/mol. The Labute approximate surface area is 176 Å². The fourth-order valence-corrected chi connectivity index (χ4v) is 5.65. The quantitative estimate of drug-likeness (QED) is 0.725. The van der Waals surface area contributed by atoms with Gasteiger partial charge in [0.1, 0.15) is 11.2 Å². The van der Waals surface area contributed by atoms with Gasteiger partial charge in [0, 0.05) is 32.9 Å². The third-order valence-electron chi connectivity index (χ3n) is 4.75. The fraction of sp³-hybridized carbons (Fsp3) is 0.579. The Morgan fingerprint density at radius 3 is 2.79 bits per heavy atom. The summed E-state index contributed by atoms with van der Waals surface area (Å²) in [6.45, 7) is 6.58. The number of amides is 1. The zero-order chi connectivity index (χ0) is 21.4. The molecular formula is C19H27ClN4O4S. The Bertz CT molecular complexity index is 999. The standard InChI is InChI=1S/C19H27ClN4O4S/c1-19(2,3)28-18(25)22(4)12-14-8-7-10-23(13-14)29(26,27)17-16(20)21-15-9-5-6-11-24(15)17/h5-6,9,11,14H,7-8,10,12-13H2,1-4H3. The molecule has 0 aromatic carbocycles. The van der Waals surface area contributed by atoms with E-state index in [0.717, 1.165) is 6.42 Å². The number of rotatable bonds is 4. The van der Waals surface area contributed by atoms with Crippen molar-refractivity contribution in [1.82, 2.24) is 18.6 Å². The first kappa shape index (κ1) is 21.9. The van der Waals surface area contributed by atoms with E-state index < -0.39 is 21.7 Å². The van der Waals surface area contributed by atoms with Crippen molar-refractivity contribution in [1.29, 1.82) is 0 Å². The molecule has 8 nitrogen and oxygen atoms in total. The number of aromatic nitrogens is 2. The van der Waals surface area contributed by atoms with Gasteiger partial charge in [-0.3, -0.25) is 4.40 Å². The first-order valence-electron chi connectivity index (χ1n) is 9.56. The number of ether oxygens (including phenoxy) is 1. The van der Waals surface area contributed by atoms with Gasteiger partial charge in [-0.05, 0) is 51.7 Å². The summed E-state index contributed by atoms with van der Waals surface area (Å²) in [4.78, 5) is 17.9. The Morgan fingerprint density at radius 2 is 2.10 bits per heavy atom. The number of pyridine rings is 1. The summed E-state index contributed by atoms with van der Waals surface area (Å²) in [5.74, 6) is 0.00834. The highest BCUT2D eigenvalue weighted by atomic mass is 35.5. The zero-order valence-electron chi connectivity index (χ0n) is 17.1. The van der Waals surface area contributed by atoms with Crippen molar-refractivity contribution in [3.8, 4) is 0 Å². The number of hydrogen-bond acceptors (Lipinski definition) is 5. The molecule has 1 aliphatic rings. The normalized spacial score (nSPS) is 18.7. The molecule has 10 heteroatoms. The maximum atomic E-state index is 13.3. The molecule has 1 fully saturated rings. The zero-order valence-corrected chi connectivity index (χ0v) is 18.7. The second kappa shape index (κ2) is 8.12. The smallest absolute Gasteiger partial charge is 0.410 e. The molecule has 3 rings (SSSR count). The topological polar surface area (TPSA) is 84.2 Å². The summed E-state index contributed by atoms with van der Waals surface area (Å²) in [5, 5.41) is -0.0555. The molecule has 1 atom stereocenters. The molecule has 160 valence electrons. The molecule has 2 aromatic rings. The molecule has 3 heterocycles. The minimum Gasteiger partial charge on any atom is -0.444 e. The van der Waals surface area contributed by atoms with Crippen molar-refractivity contribution in [2.24, 2.45) is 5.92 Å². The number of nitrogens with zero attached hydrogens (tertiary/aromatic N) is 4. The maximum absolute atomic E-state index is 13.3. The Balaban J connectivity index is 1.76. The summed E-state index contributed by atoms with van der Waals surface area (Å²) in [6, 6.07) is 5.22. The van der Waals surface area contributed by atoms with E-state index in [4.69, 9.17) is 16.3 Å². The van der Waals surface area contributed by atoms with E-state index in [-0.39, 0.29) is 16.1 Å². The lowest BCUT2D eigenvalue weighted by Crippen LogP contribution is -2.45. The number of halogens is 1. The van der Waals surface area contributed by atoms with E-state index in [0.29, 0.717) is 31.7 Å². The average molecular weight is 443 g/mol. The van der Waals surface area contributed by atoms with E-state index in [1.54, 1.807) is 31.4 Å². The molecule has 0 spiro atoms. The largest absolute Gasteiger partial charge is 0.444 e. The molecule has 2 aromatic heterocycles. The van der Waals surface area contributed by atoms with Gasteiger partial charge in [0.15, 0.2) is 10.2 Å². The van der Waals surface area contributed by atoms with Crippen molar-refractivity contribution in [2.75, 3.05) is 26.7 Å². The van der Waals surface area contributed by atoms with Gasteiger partial charge in [-0.1, -0.05) is 17.7 Å². The molecule has 0 saturated carbocycles. The molecule has 0 N–H and O–H groups in total. The molecule has 29 heavy (non-hydrogen) atoms. The van der Waals surface area contributed by atoms with E-state index in [2.05, 4.69) is 4.98 Å². The summed E-state index contributed by atoms with van der Waals surface area (Å²) >= 11 is 6.19. The SMILES string of the molecule is CN(CC1CCCN(S(=O)(=O)c2c(Cl)nc3ccccn23)C1)C(=O)OC(C)(C)C. The molecule has 0 aliphatic carbocycles. The number of carbonyl (C=O) groups is 1. The van der Waals surface area contributed by atoms with Crippen LogP contribution < -0.4 is 0 Å². The van der Waals surface area contributed by atoms with Crippen molar-refractivity contribution >= 4 is 33.4 Å². The van der Waals surface area contributed by atoms with Crippen LogP contribution in [0.3, 0.4) is 0 Å². The van der Waals surface area contributed by atoms with E-state index in [9.17, 15) is 13.2 Å². The monoisotopic (exact) mass is 442 g/mol. The van der Waals surface area contributed by atoms with E-state index in [1.165, 1.54) is 13.6 Å². The van der Waals surface area contributed by atoms with Crippen molar-refractivity contribution < 1.29 is 17.9 Å². The van der Waals surface area contributed by atoms with Gasteiger partial charge in [0.05, 0.1) is 0 Å². The highest BCUT2D eigenvalue weighted by molar-refractivity contribution is 7.89. The van der Waals surface area contributed by atoms with Crippen LogP contribution in [0.1, 0.15) is 33.6 Å². The Kier molecular flexibility index (Phi) is 6.12.